The van der Waals surface area contributed by atoms with Crippen LogP contribution in [0.1, 0.15) is 39.5 Å². The first-order valence-electron chi connectivity index (χ1n) is 9.27. The fourth-order valence-corrected chi connectivity index (χ4v) is 4.02. The summed E-state index contributed by atoms with van der Waals surface area (Å²) >= 11 is 0. The molecule has 0 unspecified atom stereocenters. The second-order valence-corrected chi connectivity index (χ2v) is 7.64. The van der Waals surface area contributed by atoms with Gasteiger partial charge in [0, 0.05) is 45.1 Å². The average Bonchev–Trinajstić information content (AvgIpc) is 2.58. The highest BCUT2D eigenvalue weighted by Gasteiger charge is 2.41. The maximum Gasteiger partial charge on any atom is 0.226 e. The molecule has 2 amide bonds. The molecule has 0 N–H and O–H groups in total. The summed E-state index contributed by atoms with van der Waals surface area (Å²) in [5.41, 5.74) is 0.206. The Morgan fingerprint density at radius 3 is 2.62 bits per heavy atom. The first kappa shape index (κ1) is 19.0. The normalized spacial score (nSPS) is 22.1. The van der Waals surface area contributed by atoms with Gasteiger partial charge in [0.1, 0.15) is 0 Å². The van der Waals surface area contributed by atoms with Crippen LogP contribution in [0.4, 0.5) is 0 Å². The topological polar surface area (TPSA) is 43.9 Å². The monoisotopic (exact) mass is 335 g/mol. The van der Waals surface area contributed by atoms with Gasteiger partial charge in [-0.3, -0.25) is 9.59 Å². The lowest BCUT2D eigenvalue weighted by molar-refractivity contribution is -0.143. The summed E-state index contributed by atoms with van der Waals surface area (Å²) < 4.78 is 0. The van der Waals surface area contributed by atoms with Gasteiger partial charge in [-0.05, 0) is 38.3 Å². The molecule has 2 fully saturated rings. The lowest BCUT2D eigenvalue weighted by atomic mass is 9.72. The van der Waals surface area contributed by atoms with Crippen molar-refractivity contribution in [2.24, 2.45) is 11.3 Å². The quantitative estimate of drug-likeness (QED) is 0.697. The summed E-state index contributed by atoms with van der Waals surface area (Å²) in [4.78, 5) is 30.8. The van der Waals surface area contributed by atoms with Gasteiger partial charge in [-0.2, -0.15) is 0 Å². The van der Waals surface area contributed by atoms with Crippen molar-refractivity contribution >= 4 is 11.8 Å². The van der Waals surface area contributed by atoms with Crippen LogP contribution in [-0.2, 0) is 9.59 Å². The molecule has 5 heteroatoms. The maximum atomic E-state index is 12.7. The number of nitrogens with zero attached hydrogens (tertiary/aromatic N) is 3. The van der Waals surface area contributed by atoms with Crippen molar-refractivity contribution in [3.63, 3.8) is 0 Å². The molecule has 0 bridgehead atoms. The first-order chi connectivity index (χ1) is 11.4. The average molecular weight is 335 g/mol. The minimum absolute atomic E-state index is 0.0502. The van der Waals surface area contributed by atoms with Crippen LogP contribution in [0.15, 0.2) is 12.7 Å². The molecule has 0 aromatic carbocycles. The fraction of sp³-hybridized carbons (Fsp3) is 0.789. The molecule has 24 heavy (non-hydrogen) atoms. The molecule has 0 saturated carbocycles. The van der Waals surface area contributed by atoms with Crippen LogP contribution >= 0.6 is 0 Å². The van der Waals surface area contributed by atoms with Gasteiger partial charge in [-0.15, -0.1) is 6.58 Å². The SMILES string of the molecule is C=CCN1CC2(CCC1=O)CCN(C(=O)[C@H](C)CN(C)CC)CC2. The molecule has 0 aromatic heterocycles. The minimum atomic E-state index is 0.0502. The highest BCUT2D eigenvalue weighted by molar-refractivity contribution is 5.79. The second kappa shape index (κ2) is 8.15. The zero-order valence-electron chi connectivity index (χ0n) is 15.6. The van der Waals surface area contributed by atoms with Gasteiger partial charge in [0.15, 0.2) is 0 Å². The van der Waals surface area contributed by atoms with Crippen molar-refractivity contribution in [3.05, 3.63) is 12.7 Å². The summed E-state index contributed by atoms with van der Waals surface area (Å²) in [7, 11) is 2.06. The summed E-state index contributed by atoms with van der Waals surface area (Å²) in [6.07, 6.45) is 5.43. The number of amides is 2. The smallest absolute Gasteiger partial charge is 0.226 e. The van der Waals surface area contributed by atoms with Crippen LogP contribution in [0, 0.1) is 11.3 Å². The van der Waals surface area contributed by atoms with Gasteiger partial charge in [-0.1, -0.05) is 19.9 Å². The molecule has 2 rings (SSSR count). The molecule has 2 aliphatic rings. The predicted molar refractivity (Wildman–Crippen MR) is 96.6 cm³/mol. The van der Waals surface area contributed by atoms with Gasteiger partial charge in [0.05, 0.1) is 0 Å². The molecule has 2 aliphatic heterocycles. The Labute approximate surface area is 146 Å². The number of piperidine rings is 2. The Morgan fingerprint density at radius 1 is 1.38 bits per heavy atom. The highest BCUT2D eigenvalue weighted by atomic mass is 16.2. The molecule has 2 heterocycles. The number of hydrogen-bond acceptors (Lipinski definition) is 3. The number of carbonyl (C=O) groups excluding carboxylic acids is 2. The Morgan fingerprint density at radius 2 is 2.04 bits per heavy atom. The van der Waals surface area contributed by atoms with E-state index in [-0.39, 0.29) is 23.1 Å². The second-order valence-electron chi connectivity index (χ2n) is 7.64. The highest BCUT2D eigenvalue weighted by Crippen LogP contribution is 2.40. The van der Waals surface area contributed by atoms with Gasteiger partial charge < -0.3 is 14.7 Å². The fourth-order valence-electron chi connectivity index (χ4n) is 4.02. The third-order valence-electron chi connectivity index (χ3n) is 5.78. The zero-order chi connectivity index (χ0) is 17.7. The zero-order valence-corrected chi connectivity index (χ0v) is 15.6. The van der Waals surface area contributed by atoms with E-state index in [1.807, 2.05) is 22.8 Å². The molecule has 2 saturated heterocycles. The molecule has 1 atom stereocenters. The number of likely N-dealkylation sites (tertiary alicyclic amines) is 2. The van der Waals surface area contributed by atoms with Crippen LogP contribution in [0.5, 0.6) is 0 Å². The third-order valence-corrected chi connectivity index (χ3v) is 5.78. The summed E-state index contributed by atoms with van der Waals surface area (Å²) in [5, 5.41) is 0. The van der Waals surface area contributed by atoms with E-state index in [0.717, 1.165) is 52.0 Å². The van der Waals surface area contributed by atoms with E-state index in [0.29, 0.717) is 13.0 Å². The summed E-state index contributed by atoms with van der Waals surface area (Å²) in [5.74, 6) is 0.574. The van der Waals surface area contributed by atoms with E-state index in [1.54, 1.807) is 0 Å². The molecule has 0 aliphatic carbocycles. The molecule has 1 spiro atoms. The number of hydrogen-bond donors (Lipinski definition) is 0. The maximum absolute atomic E-state index is 12.7. The van der Waals surface area contributed by atoms with E-state index in [9.17, 15) is 9.59 Å². The van der Waals surface area contributed by atoms with Crippen molar-refractivity contribution in [1.82, 2.24) is 14.7 Å². The Hall–Kier alpha value is -1.36. The first-order valence-corrected chi connectivity index (χ1v) is 9.27. The lowest BCUT2D eigenvalue weighted by Gasteiger charge is -2.47. The van der Waals surface area contributed by atoms with E-state index in [1.165, 1.54) is 0 Å². The molecular formula is C19H33N3O2. The van der Waals surface area contributed by atoms with Crippen molar-refractivity contribution < 1.29 is 9.59 Å². The van der Waals surface area contributed by atoms with Crippen LogP contribution in [0.2, 0.25) is 0 Å². The van der Waals surface area contributed by atoms with Crippen LogP contribution in [0.3, 0.4) is 0 Å². The predicted octanol–water partition coefficient (Wildman–Crippen LogP) is 1.99. The molecule has 5 nitrogen and oxygen atoms in total. The third kappa shape index (κ3) is 4.38. The van der Waals surface area contributed by atoms with Gasteiger partial charge in [-0.25, -0.2) is 0 Å². The lowest BCUT2D eigenvalue weighted by Crippen LogP contribution is -2.53. The standard InChI is InChI=1S/C19H33N3O2/c1-5-11-22-15-19(8-7-17(22)23)9-12-21(13-10-19)18(24)16(3)14-20(4)6-2/h5,16H,1,6-15H2,2-4H3/t16-/m1/s1. The van der Waals surface area contributed by atoms with Crippen LogP contribution in [0.25, 0.3) is 0 Å². The summed E-state index contributed by atoms with van der Waals surface area (Å²) in [6, 6.07) is 0. The van der Waals surface area contributed by atoms with Gasteiger partial charge in [0.25, 0.3) is 0 Å². The molecule has 0 aromatic rings. The molecular weight excluding hydrogens is 302 g/mol. The molecule has 136 valence electrons. The number of carbonyl (C=O) groups is 2. The van der Waals surface area contributed by atoms with E-state index in [2.05, 4.69) is 25.5 Å². The minimum Gasteiger partial charge on any atom is -0.342 e. The van der Waals surface area contributed by atoms with E-state index in [4.69, 9.17) is 0 Å². The Bertz CT molecular complexity index is 469. The van der Waals surface area contributed by atoms with Crippen LogP contribution in [-0.4, -0.2) is 72.8 Å². The van der Waals surface area contributed by atoms with Gasteiger partial charge >= 0.3 is 0 Å². The Kier molecular flexibility index (Phi) is 6.44. The van der Waals surface area contributed by atoms with Crippen molar-refractivity contribution in [3.8, 4) is 0 Å². The Balaban J connectivity index is 1.89. The van der Waals surface area contributed by atoms with Crippen molar-refractivity contribution in [2.45, 2.75) is 39.5 Å². The molecule has 0 radical (unpaired) electrons. The van der Waals surface area contributed by atoms with Crippen molar-refractivity contribution in [1.29, 1.82) is 0 Å². The van der Waals surface area contributed by atoms with E-state index < -0.39 is 0 Å². The van der Waals surface area contributed by atoms with Crippen LogP contribution < -0.4 is 0 Å². The number of rotatable bonds is 6. The van der Waals surface area contributed by atoms with E-state index >= 15 is 0 Å². The largest absolute Gasteiger partial charge is 0.342 e. The van der Waals surface area contributed by atoms with Crippen molar-refractivity contribution in [2.75, 3.05) is 46.3 Å². The summed E-state index contributed by atoms with van der Waals surface area (Å²) in [6.45, 7) is 12.8. The van der Waals surface area contributed by atoms with Gasteiger partial charge in [0.2, 0.25) is 11.8 Å².